The summed E-state index contributed by atoms with van der Waals surface area (Å²) < 4.78 is 11.9. The Morgan fingerprint density at radius 3 is 2.75 bits per heavy atom. The van der Waals surface area contributed by atoms with Gasteiger partial charge in [0.25, 0.3) is 5.91 Å². The summed E-state index contributed by atoms with van der Waals surface area (Å²) in [6.07, 6.45) is 2.22. The second-order valence-corrected chi connectivity index (χ2v) is 6.59. The van der Waals surface area contributed by atoms with E-state index in [1.165, 1.54) is 0 Å². The number of carbonyl (C=O) groups excluding carboxylic acids is 1. The second-order valence-electron chi connectivity index (χ2n) is 5.74. The highest BCUT2D eigenvalue weighted by atomic mass is 79.9. The fraction of sp³-hybridized carbons (Fsp3) is 0.316. The van der Waals surface area contributed by atoms with E-state index in [1.807, 2.05) is 36.4 Å². The summed E-state index contributed by atoms with van der Waals surface area (Å²) in [6.45, 7) is 1.34. The minimum Gasteiger partial charge on any atom is -0.483 e. The van der Waals surface area contributed by atoms with Crippen molar-refractivity contribution in [3.63, 3.8) is 0 Å². The smallest absolute Gasteiger partial charge is 0.258 e. The molecule has 1 amide bonds. The third-order valence-electron chi connectivity index (χ3n) is 3.95. The number of halogens is 1. The number of hydrogen-bond donors (Lipinski definition) is 1. The molecule has 0 bridgehead atoms. The lowest BCUT2D eigenvalue weighted by Gasteiger charge is -2.12. The predicted octanol–water partition coefficient (Wildman–Crippen LogP) is 3.79. The Labute approximate surface area is 150 Å². The van der Waals surface area contributed by atoms with Crippen molar-refractivity contribution in [2.75, 3.05) is 19.8 Å². The van der Waals surface area contributed by atoms with Gasteiger partial charge < -0.3 is 14.8 Å². The molecule has 1 fully saturated rings. The van der Waals surface area contributed by atoms with Gasteiger partial charge in [0.1, 0.15) is 5.75 Å². The van der Waals surface area contributed by atoms with Crippen molar-refractivity contribution in [3.05, 3.63) is 53.0 Å². The van der Waals surface area contributed by atoms with Crippen LogP contribution in [0.2, 0.25) is 0 Å². The van der Waals surface area contributed by atoms with Gasteiger partial charge in [-0.05, 0) is 52.0 Å². The van der Waals surface area contributed by atoms with E-state index in [1.54, 1.807) is 0 Å². The van der Waals surface area contributed by atoms with Crippen LogP contribution in [0.4, 0.5) is 0 Å². The number of ether oxygens (including phenoxy) is 2. The summed E-state index contributed by atoms with van der Waals surface area (Å²) in [5, 5.41) is 2.85. The third kappa shape index (κ3) is 4.58. The molecule has 1 aliphatic rings. The maximum Gasteiger partial charge on any atom is 0.258 e. The van der Waals surface area contributed by atoms with E-state index in [0.29, 0.717) is 12.3 Å². The molecule has 0 aromatic heterocycles. The lowest BCUT2D eigenvalue weighted by Crippen LogP contribution is -2.35. The molecule has 1 heterocycles. The van der Waals surface area contributed by atoms with Gasteiger partial charge in [-0.25, -0.2) is 0 Å². The Morgan fingerprint density at radius 2 is 2.04 bits per heavy atom. The van der Waals surface area contributed by atoms with Gasteiger partial charge in [-0.3, -0.25) is 4.79 Å². The fourth-order valence-corrected chi connectivity index (χ4v) is 3.15. The number of carbonyl (C=O) groups is 1. The maximum absolute atomic E-state index is 11.9. The normalized spacial score (nSPS) is 16.8. The van der Waals surface area contributed by atoms with Crippen LogP contribution in [0.25, 0.3) is 11.1 Å². The van der Waals surface area contributed by atoms with Gasteiger partial charge in [0.2, 0.25) is 0 Å². The van der Waals surface area contributed by atoms with E-state index in [4.69, 9.17) is 9.47 Å². The van der Waals surface area contributed by atoms with Gasteiger partial charge in [-0.2, -0.15) is 0 Å². The topological polar surface area (TPSA) is 47.6 Å². The number of amides is 1. The van der Waals surface area contributed by atoms with Gasteiger partial charge in [-0.1, -0.05) is 36.4 Å². The van der Waals surface area contributed by atoms with E-state index in [9.17, 15) is 4.79 Å². The molecular formula is C19H20BrNO3. The van der Waals surface area contributed by atoms with E-state index in [2.05, 4.69) is 33.4 Å². The molecule has 1 aliphatic heterocycles. The molecule has 5 heteroatoms. The third-order valence-corrected chi connectivity index (χ3v) is 4.57. The average molecular weight is 390 g/mol. The van der Waals surface area contributed by atoms with Gasteiger partial charge in [-0.15, -0.1) is 0 Å². The highest BCUT2D eigenvalue weighted by Gasteiger charge is 2.16. The molecule has 4 nitrogen and oxygen atoms in total. The largest absolute Gasteiger partial charge is 0.483 e. The number of rotatable bonds is 6. The van der Waals surface area contributed by atoms with E-state index >= 15 is 0 Å². The molecule has 2 aromatic carbocycles. The van der Waals surface area contributed by atoms with Crippen LogP contribution in [0.1, 0.15) is 12.8 Å². The van der Waals surface area contributed by atoms with Gasteiger partial charge in [0.05, 0.1) is 10.6 Å². The fourth-order valence-electron chi connectivity index (χ4n) is 2.66. The Bertz CT molecular complexity index is 684. The summed E-state index contributed by atoms with van der Waals surface area (Å²) in [4.78, 5) is 11.9. The summed E-state index contributed by atoms with van der Waals surface area (Å²) in [6, 6.07) is 16.0. The molecule has 3 rings (SSSR count). The van der Waals surface area contributed by atoms with Gasteiger partial charge in [0, 0.05) is 13.2 Å². The average Bonchev–Trinajstić information content (AvgIpc) is 3.13. The zero-order valence-corrected chi connectivity index (χ0v) is 14.9. The number of nitrogens with one attached hydrogen (secondary N) is 1. The Morgan fingerprint density at radius 1 is 1.21 bits per heavy atom. The molecule has 0 aliphatic carbocycles. The highest BCUT2D eigenvalue weighted by molar-refractivity contribution is 9.10. The molecule has 24 heavy (non-hydrogen) atoms. The molecular weight excluding hydrogens is 370 g/mol. The van der Waals surface area contributed by atoms with Crippen LogP contribution in [-0.2, 0) is 9.53 Å². The van der Waals surface area contributed by atoms with Crippen molar-refractivity contribution in [3.8, 4) is 16.9 Å². The molecule has 126 valence electrons. The van der Waals surface area contributed by atoms with E-state index < -0.39 is 0 Å². The maximum atomic E-state index is 11.9. The second kappa shape index (κ2) is 8.31. The molecule has 2 aromatic rings. The minimum absolute atomic E-state index is 0.00396. The molecule has 1 saturated heterocycles. The summed E-state index contributed by atoms with van der Waals surface area (Å²) >= 11 is 3.51. The van der Waals surface area contributed by atoms with Crippen LogP contribution in [0.3, 0.4) is 0 Å². The molecule has 1 N–H and O–H groups in total. The quantitative estimate of drug-likeness (QED) is 0.817. The molecule has 0 radical (unpaired) electrons. The molecule has 0 spiro atoms. The van der Waals surface area contributed by atoms with E-state index in [-0.39, 0.29) is 18.6 Å². The van der Waals surface area contributed by atoms with Crippen LogP contribution in [0, 0.1) is 0 Å². The zero-order valence-electron chi connectivity index (χ0n) is 13.3. The molecule has 1 atom stereocenters. The first-order chi connectivity index (χ1) is 11.7. The summed E-state index contributed by atoms with van der Waals surface area (Å²) in [7, 11) is 0. The lowest BCUT2D eigenvalue weighted by atomic mass is 10.1. The number of hydrogen-bond acceptors (Lipinski definition) is 3. The van der Waals surface area contributed by atoms with Gasteiger partial charge in [0.15, 0.2) is 6.61 Å². The first-order valence-corrected chi connectivity index (χ1v) is 8.88. The van der Waals surface area contributed by atoms with Crippen molar-refractivity contribution in [1.82, 2.24) is 5.32 Å². The summed E-state index contributed by atoms with van der Waals surface area (Å²) in [5.41, 5.74) is 2.23. The van der Waals surface area contributed by atoms with Crippen LogP contribution in [0.5, 0.6) is 5.75 Å². The van der Waals surface area contributed by atoms with Crippen molar-refractivity contribution < 1.29 is 14.3 Å². The monoisotopic (exact) mass is 389 g/mol. The van der Waals surface area contributed by atoms with Crippen LogP contribution >= 0.6 is 15.9 Å². The summed E-state index contributed by atoms with van der Waals surface area (Å²) in [5.74, 6) is 0.520. The van der Waals surface area contributed by atoms with Crippen LogP contribution in [-0.4, -0.2) is 31.8 Å². The minimum atomic E-state index is -0.135. The van der Waals surface area contributed by atoms with Crippen LogP contribution < -0.4 is 10.1 Å². The standard InChI is InChI=1S/C19H20BrNO3/c20-17-11-15(14-5-2-1-3-6-14)8-9-18(17)24-13-19(22)21-12-16-7-4-10-23-16/h1-3,5-6,8-9,11,16H,4,7,10,12-13H2,(H,21,22)/t16-/m0/s1. The van der Waals surface area contributed by atoms with Crippen molar-refractivity contribution in [1.29, 1.82) is 0 Å². The first-order valence-electron chi connectivity index (χ1n) is 8.08. The Balaban J connectivity index is 1.52. The Kier molecular flexibility index (Phi) is 5.88. The zero-order chi connectivity index (χ0) is 16.8. The van der Waals surface area contributed by atoms with Gasteiger partial charge >= 0.3 is 0 Å². The SMILES string of the molecule is O=C(COc1ccc(-c2ccccc2)cc1Br)NC[C@@H]1CCCO1. The molecule has 0 unspecified atom stereocenters. The lowest BCUT2D eigenvalue weighted by molar-refractivity contribution is -0.123. The van der Waals surface area contributed by atoms with Crippen molar-refractivity contribution >= 4 is 21.8 Å². The van der Waals surface area contributed by atoms with Crippen molar-refractivity contribution in [2.45, 2.75) is 18.9 Å². The Hall–Kier alpha value is -1.85. The predicted molar refractivity (Wildman–Crippen MR) is 97.1 cm³/mol. The number of benzene rings is 2. The highest BCUT2D eigenvalue weighted by Crippen LogP contribution is 2.30. The van der Waals surface area contributed by atoms with Crippen molar-refractivity contribution in [2.24, 2.45) is 0 Å². The first kappa shape index (κ1) is 17.0. The van der Waals surface area contributed by atoms with Crippen LogP contribution in [0.15, 0.2) is 53.0 Å². The van der Waals surface area contributed by atoms with E-state index in [0.717, 1.165) is 35.0 Å². The molecule has 0 saturated carbocycles.